The maximum Gasteiger partial charge on any atom is 0.431 e. The lowest BCUT2D eigenvalue weighted by atomic mass is 9.47. The van der Waals surface area contributed by atoms with Crippen molar-refractivity contribution in [2.45, 2.75) is 83.4 Å². The van der Waals surface area contributed by atoms with E-state index in [0.717, 1.165) is 81.0 Å². The van der Waals surface area contributed by atoms with Crippen molar-refractivity contribution in [3.63, 3.8) is 0 Å². The summed E-state index contributed by atoms with van der Waals surface area (Å²) in [4.78, 5) is 40.9. The number of hydroxylamine groups is 1. The number of fused-ring (bicyclic) bond motifs is 1. The Kier molecular flexibility index (Phi) is 7.38. The van der Waals surface area contributed by atoms with E-state index in [1.165, 1.54) is 0 Å². The molecule has 2 aromatic rings. The predicted molar refractivity (Wildman–Crippen MR) is 169 cm³/mol. The number of hydrogen-bond donors (Lipinski definition) is 2. The highest BCUT2D eigenvalue weighted by molar-refractivity contribution is 5.82. The molecule has 44 heavy (non-hydrogen) atoms. The van der Waals surface area contributed by atoms with Gasteiger partial charge in [-0.15, -0.1) is 0 Å². The molecule has 8 rings (SSSR count). The summed E-state index contributed by atoms with van der Waals surface area (Å²) in [5.41, 5.74) is 7.41. The standard InChI is InChI=1S/C34H46N6O4/c1-33(2,3)38-12-10-25(11-13-38)43-26-8-9-29(36-21-26)39-14-15-40(28-7-5-4-6-27(28)39)44-32(42)37-30-23-16-22-17-24(30)20-34(18-22,19-23)31(35)41/h4-9,21-25,30H,10-20H2,1-3H3,(H2,35,41)(H,37,42)/t22?,23-,24+,30?,34?. The normalized spacial score (nSPS) is 30.2. The Labute approximate surface area is 260 Å². The number of piperidine rings is 1. The Balaban J connectivity index is 0.976. The summed E-state index contributed by atoms with van der Waals surface area (Å²) in [6.45, 7) is 9.99. The van der Waals surface area contributed by atoms with Gasteiger partial charge >= 0.3 is 6.09 Å². The summed E-state index contributed by atoms with van der Waals surface area (Å²) in [5, 5.41) is 4.88. The van der Waals surface area contributed by atoms with Crippen molar-refractivity contribution in [2.24, 2.45) is 28.9 Å². The number of amides is 2. The van der Waals surface area contributed by atoms with Crippen molar-refractivity contribution in [1.82, 2.24) is 15.2 Å². The number of para-hydroxylation sites is 2. The molecule has 2 aliphatic heterocycles. The molecule has 4 aliphatic carbocycles. The zero-order chi connectivity index (χ0) is 30.6. The van der Waals surface area contributed by atoms with E-state index in [1.54, 1.807) is 5.06 Å². The highest BCUT2D eigenvalue weighted by Gasteiger charge is 2.58. The molecule has 3 heterocycles. The van der Waals surface area contributed by atoms with Crippen molar-refractivity contribution < 1.29 is 19.2 Å². The number of carbonyl (C=O) groups is 2. The number of aromatic nitrogens is 1. The Hall–Kier alpha value is -3.53. The van der Waals surface area contributed by atoms with Crippen molar-refractivity contribution in [3.8, 4) is 5.75 Å². The van der Waals surface area contributed by atoms with E-state index in [2.05, 4.69) is 35.9 Å². The molecule has 10 heteroatoms. The SMILES string of the molecule is CC(C)(C)N1CCC(Oc2ccc(N3CCN(OC(=O)NC4[C@@H]5CC6C[C@H]4CC(C(N)=O)(C6)C5)c4ccccc43)nc2)CC1. The molecular weight excluding hydrogens is 556 g/mol. The third kappa shape index (κ3) is 5.46. The van der Waals surface area contributed by atoms with Gasteiger partial charge in [0.2, 0.25) is 5.91 Å². The number of hydrogen-bond acceptors (Lipinski definition) is 8. The molecule has 0 spiro atoms. The lowest BCUT2D eigenvalue weighted by molar-refractivity contribution is -0.145. The molecule has 10 nitrogen and oxygen atoms in total. The average molecular weight is 603 g/mol. The van der Waals surface area contributed by atoms with E-state index >= 15 is 0 Å². The zero-order valence-corrected chi connectivity index (χ0v) is 26.2. The first-order chi connectivity index (χ1) is 21.1. The quantitative estimate of drug-likeness (QED) is 0.475. The molecule has 2 amide bonds. The van der Waals surface area contributed by atoms with Crippen molar-refractivity contribution in [1.29, 1.82) is 0 Å². The maximum absolute atomic E-state index is 13.2. The first-order valence-electron chi connectivity index (χ1n) is 16.4. The molecule has 4 bridgehead atoms. The van der Waals surface area contributed by atoms with Crippen LogP contribution in [-0.2, 0) is 9.63 Å². The highest BCUT2D eigenvalue weighted by atomic mass is 16.7. The van der Waals surface area contributed by atoms with E-state index in [0.29, 0.717) is 19.0 Å². The average Bonchev–Trinajstić information content (AvgIpc) is 2.99. The van der Waals surface area contributed by atoms with Crippen LogP contribution in [0.2, 0.25) is 0 Å². The molecule has 236 valence electrons. The van der Waals surface area contributed by atoms with Crippen LogP contribution in [0.4, 0.5) is 22.0 Å². The molecule has 3 N–H and O–H groups in total. The molecule has 5 fully saturated rings. The third-order valence-electron chi connectivity index (χ3n) is 10.9. The van der Waals surface area contributed by atoms with E-state index < -0.39 is 6.09 Å². The summed E-state index contributed by atoms with van der Waals surface area (Å²) in [7, 11) is 0. The Morgan fingerprint density at radius 1 is 0.955 bits per heavy atom. The van der Waals surface area contributed by atoms with E-state index in [1.807, 2.05) is 42.6 Å². The minimum atomic E-state index is -0.438. The molecule has 3 unspecified atom stereocenters. The smallest absolute Gasteiger partial charge is 0.431 e. The van der Waals surface area contributed by atoms with Gasteiger partial charge in [-0.25, -0.2) is 14.8 Å². The molecule has 4 saturated carbocycles. The van der Waals surface area contributed by atoms with Crippen LogP contribution < -0.4 is 25.8 Å². The number of ether oxygens (including phenoxy) is 1. The van der Waals surface area contributed by atoms with Gasteiger partial charge in [-0.05, 0) is 108 Å². The number of primary amides is 1. The Bertz CT molecular complexity index is 1370. The van der Waals surface area contributed by atoms with E-state index in [-0.39, 0.29) is 40.8 Å². The number of nitrogens with two attached hydrogens (primary N) is 1. The second kappa shape index (κ2) is 11.1. The first-order valence-corrected chi connectivity index (χ1v) is 16.4. The molecule has 6 aliphatic rings. The van der Waals surface area contributed by atoms with Crippen LogP contribution in [0, 0.1) is 23.2 Å². The van der Waals surface area contributed by atoms with E-state index in [9.17, 15) is 9.59 Å². The molecule has 1 aromatic carbocycles. The summed E-state index contributed by atoms with van der Waals surface area (Å²) in [5.74, 6) is 2.55. The number of likely N-dealkylation sites (tertiary alicyclic amines) is 1. The van der Waals surface area contributed by atoms with Crippen LogP contribution >= 0.6 is 0 Å². The fraction of sp³-hybridized carbons (Fsp3) is 0.618. The van der Waals surface area contributed by atoms with Gasteiger partial charge in [-0.1, -0.05) is 12.1 Å². The zero-order valence-electron chi connectivity index (χ0n) is 26.2. The number of nitrogens with one attached hydrogen (secondary N) is 1. The third-order valence-corrected chi connectivity index (χ3v) is 10.9. The van der Waals surface area contributed by atoms with Gasteiger partial charge in [-0.3, -0.25) is 9.69 Å². The summed E-state index contributed by atoms with van der Waals surface area (Å²) in [6, 6.07) is 12.0. The number of nitrogens with zero attached hydrogens (tertiary/aromatic N) is 4. The van der Waals surface area contributed by atoms with Gasteiger partial charge in [0.25, 0.3) is 0 Å². The van der Waals surface area contributed by atoms with Crippen LogP contribution in [0.15, 0.2) is 42.6 Å². The monoisotopic (exact) mass is 602 g/mol. The van der Waals surface area contributed by atoms with Gasteiger partial charge in [0.15, 0.2) is 0 Å². The summed E-state index contributed by atoms with van der Waals surface area (Å²) >= 11 is 0. The molecular formula is C34H46N6O4. The van der Waals surface area contributed by atoms with Gasteiger partial charge < -0.3 is 25.5 Å². The minimum absolute atomic E-state index is 0.0269. The van der Waals surface area contributed by atoms with Gasteiger partial charge in [0.05, 0.1) is 24.1 Å². The summed E-state index contributed by atoms with van der Waals surface area (Å²) < 4.78 is 6.30. The lowest BCUT2D eigenvalue weighted by Gasteiger charge is -2.58. The van der Waals surface area contributed by atoms with Crippen molar-refractivity contribution in [2.75, 3.05) is 36.1 Å². The Morgan fingerprint density at radius 2 is 1.66 bits per heavy atom. The number of rotatable bonds is 6. The van der Waals surface area contributed by atoms with Crippen molar-refractivity contribution in [3.05, 3.63) is 42.6 Å². The number of pyridine rings is 1. The largest absolute Gasteiger partial charge is 0.489 e. The summed E-state index contributed by atoms with van der Waals surface area (Å²) in [6.07, 6.45) is 8.16. The maximum atomic E-state index is 13.2. The van der Waals surface area contributed by atoms with Crippen LogP contribution in [0.3, 0.4) is 0 Å². The van der Waals surface area contributed by atoms with Crippen LogP contribution in [0.1, 0.15) is 65.7 Å². The second-order valence-electron chi connectivity index (χ2n) is 14.7. The Morgan fingerprint density at radius 3 is 2.30 bits per heavy atom. The first kappa shape index (κ1) is 29.2. The molecule has 5 atom stereocenters. The molecule has 1 saturated heterocycles. The van der Waals surface area contributed by atoms with Crippen molar-refractivity contribution >= 4 is 29.2 Å². The second-order valence-corrected chi connectivity index (χ2v) is 14.7. The fourth-order valence-electron chi connectivity index (χ4n) is 8.93. The number of carbonyl (C=O) groups excluding carboxylic acids is 2. The molecule has 0 radical (unpaired) electrons. The van der Waals surface area contributed by atoms with Crippen LogP contribution in [-0.4, -0.2) is 65.7 Å². The fourth-order valence-corrected chi connectivity index (χ4v) is 8.93. The predicted octanol–water partition coefficient (Wildman–Crippen LogP) is 5.00. The van der Waals surface area contributed by atoms with E-state index in [4.69, 9.17) is 20.3 Å². The van der Waals surface area contributed by atoms with Crippen LogP contribution in [0.25, 0.3) is 0 Å². The van der Waals surface area contributed by atoms with Gasteiger partial charge in [0, 0.05) is 36.6 Å². The minimum Gasteiger partial charge on any atom is -0.489 e. The topological polar surface area (TPSA) is 113 Å². The van der Waals surface area contributed by atoms with Gasteiger partial charge in [0.1, 0.15) is 17.7 Å². The number of benzene rings is 1. The lowest BCUT2D eigenvalue weighted by Crippen LogP contribution is -2.62. The van der Waals surface area contributed by atoms with Crippen LogP contribution in [0.5, 0.6) is 5.75 Å². The number of anilines is 3. The highest BCUT2D eigenvalue weighted by Crippen LogP contribution is 2.60. The van der Waals surface area contributed by atoms with Gasteiger partial charge in [-0.2, -0.15) is 0 Å². The molecule has 1 aromatic heterocycles.